The van der Waals surface area contributed by atoms with E-state index in [1.165, 1.54) is 11.0 Å². The van der Waals surface area contributed by atoms with E-state index >= 15 is 0 Å². The van der Waals surface area contributed by atoms with Gasteiger partial charge in [-0.2, -0.15) is 0 Å². The number of hydrogen-bond donors (Lipinski definition) is 1. The van der Waals surface area contributed by atoms with Gasteiger partial charge in [-0.25, -0.2) is 4.98 Å². The minimum atomic E-state index is -0.0374. The highest BCUT2D eigenvalue weighted by atomic mass is 16.2. The minimum absolute atomic E-state index is 0.0374. The number of amides is 1. The predicted molar refractivity (Wildman–Crippen MR) is 46.3 cm³/mol. The van der Waals surface area contributed by atoms with Crippen LogP contribution in [0.4, 0.5) is 0 Å². The lowest BCUT2D eigenvalue weighted by Crippen LogP contribution is -2.18. The van der Waals surface area contributed by atoms with Gasteiger partial charge < -0.3 is 9.88 Å². The second-order valence-corrected chi connectivity index (χ2v) is 2.57. The lowest BCUT2D eigenvalue weighted by atomic mass is 10.4. The summed E-state index contributed by atoms with van der Waals surface area (Å²) in [7, 11) is 3.42. The van der Waals surface area contributed by atoms with Crippen LogP contribution in [0.25, 0.3) is 6.08 Å². The number of H-pyrrole nitrogens is 1. The molecule has 0 aliphatic heterocycles. The van der Waals surface area contributed by atoms with Crippen molar-refractivity contribution in [3.8, 4) is 0 Å². The summed E-state index contributed by atoms with van der Waals surface area (Å²) in [5.74, 6) is -0.0374. The minimum Gasteiger partial charge on any atom is -0.345 e. The molecule has 0 aliphatic rings. The summed E-state index contributed by atoms with van der Waals surface area (Å²) in [4.78, 5) is 19.2. The van der Waals surface area contributed by atoms with Gasteiger partial charge in [-0.05, 0) is 6.08 Å². The summed E-state index contributed by atoms with van der Waals surface area (Å²) in [5.41, 5.74) is 0.824. The van der Waals surface area contributed by atoms with Gasteiger partial charge in [0.15, 0.2) is 0 Å². The van der Waals surface area contributed by atoms with Crippen molar-refractivity contribution in [1.29, 1.82) is 0 Å². The topological polar surface area (TPSA) is 49.0 Å². The summed E-state index contributed by atoms with van der Waals surface area (Å²) >= 11 is 0. The van der Waals surface area contributed by atoms with E-state index in [-0.39, 0.29) is 5.91 Å². The third-order valence-electron chi connectivity index (χ3n) is 1.37. The SMILES string of the molecule is CN(C)C(=O)/C=C\c1cnc[nH]1. The van der Waals surface area contributed by atoms with Crippen LogP contribution in [0.15, 0.2) is 18.6 Å². The number of nitrogens with one attached hydrogen (secondary N) is 1. The number of nitrogens with zero attached hydrogens (tertiary/aromatic N) is 2. The number of imidazole rings is 1. The van der Waals surface area contributed by atoms with E-state index in [0.29, 0.717) is 0 Å². The van der Waals surface area contributed by atoms with Crippen molar-refractivity contribution in [2.75, 3.05) is 14.1 Å². The molecular formula is C8H11N3O. The van der Waals surface area contributed by atoms with Crippen LogP contribution >= 0.6 is 0 Å². The molecule has 4 heteroatoms. The molecule has 0 saturated heterocycles. The lowest BCUT2D eigenvalue weighted by Gasteiger charge is -2.04. The molecule has 0 bridgehead atoms. The third kappa shape index (κ3) is 2.23. The van der Waals surface area contributed by atoms with Gasteiger partial charge in [0.2, 0.25) is 5.91 Å². The zero-order valence-electron chi connectivity index (χ0n) is 7.11. The molecule has 0 atom stereocenters. The molecule has 4 nitrogen and oxygen atoms in total. The Morgan fingerprint density at radius 2 is 2.42 bits per heavy atom. The molecule has 0 unspecified atom stereocenters. The maximum atomic E-state index is 11.0. The van der Waals surface area contributed by atoms with Gasteiger partial charge in [0, 0.05) is 20.2 Å². The zero-order valence-corrected chi connectivity index (χ0v) is 7.11. The number of aromatic amines is 1. The summed E-state index contributed by atoms with van der Waals surface area (Å²) in [6, 6.07) is 0. The van der Waals surface area contributed by atoms with Crippen LogP contribution in [0.5, 0.6) is 0 Å². The Morgan fingerprint density at radius 3 is 2.92 bits per heavy atom. The van der Waals surface area contributed by atoms with E-state index in [1.807, 2.05) is 0 Å². The largest absolute Gasteiger partial charge is 0.345 e. The van der Waals surface area contributed by atoms with Crippen molar-refractivity contribution in [2.24, 2.45) is 0 Å². The molecule has 12 heavy (non-hydrogen) atoms. The molecule has 1 N–H and O–H groups in total. The highest BCUT2D eigenvalue weighted by Crippen LogP contribution is 1.94. The first-order chi connectivity index (χ1) is 5.70. The van der Waals surface area contributed by atoms with Crippen LogP contribution < -0.4 is 0 Å². The molecule has 0 fully saturated rings. The van der Waals surface area contributed by atoms with Crippen LogP contribution in [-0.2, 0) is 4.79 Å². The lowest BCUT2D eigenvalue weighted by molar-refractivity contribution is -0.123. The van der Waals surface area contributed by atoms with Gasteiger partial charge in [-0.1, -0.05) is 0 Å². The smallest absolute Gasteiger partial charge is 0.246 e. The molecule has 1 heterocycles. The van der Waals surface area contributed by atoms with Gasteiger partial charge >= 0.3 is 0 Å². The van der Waals surface area contributed by atoms with E-state index in [2.05, 4.69) is 9.97 Å². The molecular weight excluding hydrogens is 154 g/mol. The average Bonchev–Trinajstić information content (AvgIpc) is 2.51. The van der Waals surface area contributed by atoms with Crippen molar-refractivity contribution in [1.82, 2.24) is 14.9 Å². The Hall–Kier alpha value is -1.58. The molecule has 64 valence electrons. The highest BCUT2D eigenvalue weighted by Gasteiger charge is 1.96. The number of carbonyl (C=O) groups excluding carboxylic acids is 1. The second kappa shape index (κ2) is 3.71. The third-order valence-corrected chi connectivity index (χ3v) is 1.37. The molecule has 1 amide bonds. The number of hydrogen-bond acceptors (Lipinski definition) is 2. The van der Waals surface area contributed by atoms with Crippen LogP contribution in [0.3, 0.4) is 0 Å². The molecule has 0 aliphatic carbocycles. The highest BCUT2D eigenvalue weighted by molar-refractivity contribution is 5.91. The Kier molecular flexibility index (Phi) is 2.63. The van der Waals surface area contributed by atoms with Crippen molar-refractivity contribution >= 4 is 12.0 Å². The number of aromatic nitrogens is 2. The van der Waals surface area contributed by atoms with Gasteiger partial charge in [0.1, 0.15) is 0 Å². The standard InChI is InChI=1S/C8H11N3O/c1-11(2)8(12)4-3-7-5-9-6-10-7/h3-6H,1-2H3,(H,9,10)/b4-3-. The normalized spacial score (nSPS) is 10.5. The predicted octanol–water partition coefficient (Wildman–Crippen LogP) is 0.511. The summed E-state index contributed by atoms with van der Waals surface area (Å²) in [6.45, 7) is 0. The fraction of sp³-hybridized carbons (Fsp3) is 0.250. The Balaban J connectivity index is 2.57. The Morgan fingerprint density at radius 1 is 1.67 bits per heavy atom. The maximum Gasteiger partial charge on any atom is 0.246 e. The number of rotatable bonds is 2. The van der Waals surface area contributed by atoms with Gasteiger partial charge in [0.25, 0.3) is 0 Å². The van der Waals surface area contributed by atoms with Crippen molar-refractivity contribution in [3.63, 3.8) is 0 Å². The molecule has 0 saturated carbocycles. The molecule has 0 radical (unpaired) electrons. The molecule has 0 aromatic carbocycles. The summed E-state index contributed by atoms with van der Waals surface area (Å²) in [5, 5.41) is 0. The first-order valence-electron chi connectivity index (χ1n) is 3.58. The van der Waals surface area contributed by atoms with Gasteiger partial charge in [-0.15, -0.1) is 0 Å². The summed E-state index contributed by atoms with van der Waals surface area (Å²) < 4.78 is 0. The molecule has 1 aromatic heterocycles. The van der Waals surface area contributed by atoms with E-state index in [0.717, 1.165) is 5.69 Å². The molecule has 1 rings (SSSR count). The van der Waals surface area contributed by atoms with Crippen LogP contribution in [0.2, 0.25) is 0 Å². The van der Waals surface area contributed by atoms with Crippen molar-refractivity contribution in [3.05, 3.63) is 24.3 Å². The zero-order chi connectivity index (χ0) is 8.97. The molecule has 1 aromatic rings. The maximum absolute atomic E-state index is 11.0. The quantitative estimate of drug-likeness (QED) is 0.649. The Labute approximate surface area is 70.9 Å². The first-order valence-corrected chi connectivity index (χ1v) is 3.58. The van der Waals surface area contributed by atoms with E-state index in [4.69, 9.17) is 0 Å². The first kappa shape index (κ1) is 8.52. The number of likely N-dealkylation sites (N-methyl/N-ethyl adjacent to an activating group) is 1. The number of carbonyl (C=O) groups is 1. The Bertz CT molecular complexity index is 275. The van der Waals surface area contributed by atoms with E-state index in [9.17, 15) is 4.79 Å². The van der Waals surface area contributed by atoms with Crippen molar-refractivity contribution < 1.29 is 4.79 Å². The van der Waals surface area contributed by atoms with Gasteiger partial charge in [-0.3, -0.25) is 4.79 Å². The fourth-order valence-corrected chi connectivity index (χ4v) is 0.668. The van der Waals surface area contributed by atoms with E-state index < -0.39 is 0 Å². The monoisotopic (exact) mass is 165 g/mol. The van der Waals surface area contributed by atoms with Crippen LogP contribution in [0.1, 0.15) is 5.69 Å². The molecule has 0 spiro atoms. The van der Waals surface area contributed by atoms with Crippen LogP contribution in [0, 0.1) is 0 Å². The van der Waals surface area contributed by atoms with Gasteiger partial charge in [0.05, 0.1) is 18.2 Å². The van der Waals surface area contributed by atoms with E-state index in [1.54, 1.807) is 32.7 Å². The summed E-state index contributed by atoms with van der Waals surface area (Å²) in [6.07, 6.45) is 6.40. The van der Waals surface area contributed by atoms with Crippen LogP contribution in [-0.4, -0.2) is 34.9 Å². The van der Waals surface area contributed by atoms with Crippen molar-refractivity contribution in [2.45, 2.75) is 0 Å². The second-order valence-electron chi connectivity index (χ2n) is 2.57. The fourth-order valence-electron chi connectivity index (χ4n) is 0.668. The average molecular weight is 165 g/mol.